The molecule has 0 unspecified atom stereocenters. The molecule has 1 aliphatic carbocycles. The number of nitrogens with one attached hydrogen (secondary N) is 1. The molecule has 2 atom stereocenters. The maximum Gasteiger partial charge on any atom is 0.318 e. The molecule has 2 rings (SSSR count). The summed E-state index contributed by atoms with van der Waals surface area (Å²) in [6.07, 6.45) is 0.477. The van der Waals surface area contributed by atoms with Gasteiger partial charge in [0.2, 0.25) is 5.91 Å². The molecule has 0 aliphatic heterocycles. The second kappa shape index (κ2) is 4.40. The third-order valence-electron chi connectivity index (χ3n) is 3.25. The summed E-state index contributed by atoms with van der Waals surface area (Å²) in [6.45, 7) is 1.39. The first kappa shape index (κ1) is 12.5. The fourth-order valence-corrected chi connectivity index (χ4v) is 2.27. The number of hydrogen-bond acceptors (Lipinski definition) is 3. The highest BCUT2D eigenvalue weighted by Gasteiger charge is 2.62. The topological polar surface area (TPSA) is 55.4 Å². The van der Waals surface area contributed by atoms with Crippen LogP contribution in [0.25, 0.3) is 0 Å². The van der Waals surface area contributed by atoms with Crippen molar-refractivity contribution in [1.29, 1.82) is 0 Å². The lowest BCUT2D eigenvalue weighted by Crippen LogP contribution is -2.34. The Kier molecular flexibility index (Phi) is 3.07. The highest BCUT2D eigenvalue weighted by Crippen LogP contribution is 2.49. The molecule has 0 heterocycles. The minimum atomic E-state index is -0.867. The molecule has 1 aromatic carbocycles. The van der Waals surface area contributed by atoms with Crippen molar-refractivity contribution in [2.75, 3.05) is 7.11 Å². The number of halogens is 1. The molecule has 1 aliphatic rings. The van der Waals surface area contributed by atoms with Gasteiger partial charge in [0.15, 0.2) is 0 Å². The van der Waals surface area contributed by atoms with Crippen molar-refractivity contribution in [2.45, 2.75) is 24.8 Å². The van der Waals surface area contributed by atoms with Crippen molar-refractivity contribution >= 4 is 11.9 Å². The van der Waals surface area contributed by atoms with Crippen LogP contribution in [0.3, 0.4) is 0 Å². The number of methoxy groups -OCH3 is 1. The predicted octanol–water partition coefficient (Wildman–Crippen LogP) is 1.14. The lowest BCUT2D eigenvalue weighted by Gasteiger charge is -2.15. The molecule has 96 valence electrons. The summed E-state index contributed by atoms with van der Waals surface area (Å²) in [5, 5.41) is 2.70. The van der Waals surface area contributed by atoms with Crippen LogP contribution in [0.4, 0.5) is 4.39 Å². The monoisotopic (exact) mass is 251 g/mol. The highest BCUT2D eigenvalue weighted by atomic mass is 19.1. The van der Waals surface area contributed by atoms with E-state index in [1.807, 2.05) is 0 Å². The van der Waals surface area contributed by atoms with Gasteiger partial charge in [0.05, 0.1) is 13.2 Å². The van der Waals surface area contributed by atoms with Crippen LogP contribution in [-0.2, 0) is 19.7 Å². The van der Waals surface area contributed by atoms with Crippen molar-refractivity contribution in [3.8, 4) is 0 Å². The molecule has 0 radical (unpaired) electrons. The van der Waals surface area contributed by atoms with E-state index < -0.39 is 11.4 Å². The number of benzene rings is 1. The van der Waals surface area contributed by atoms with E-state index in [1.165, 1.54) is 26.2 Å². The summed E-state index contributed by atoms with van der Waals surface area (Å²) >= 11 is 0. The predicted molar refractivity (Wildman–Crippen MR) is 62.3 cm³/mol. The number of ether oxygens (including phenoxy) is 1. The average Bonchev–Trinajstić information content (AvgIpc) is 3.03. The van der Waals surface area contributed by atoms with Crippen LogP contribution in [-0.4, -0.2) is 25.0 Å². The molecule has 0 bridgehead atoms. The van der Waals surface area contributed by atoms with Crippen LogP contribution >= 0.6 is 0 Å². The third-order valence-corrected chi connectivity index (χ3v) is 3.25. The van der Waals surface area contributed by atoms with Gasteiger partial charge in [-0.15, -0.1) is 0 Å². The summed E-state index contributed by atoms with van der Waals surface area (Å²) < 4.78 is 17.7. The van der Waals surface area contributed by atoms with Gasteiger partial charge in [0.1, 0.15) is 11.2 Å². The summed E-state index contributed by atoms with van der Waals surface area (Å²) in [6, 6.07) is 5.40. The minimum Gasteiger partial charge on any atom is -0.468 e. The summed E-state index contributed by atoms with van der Waals surface area (Å²) in [7, 11) is 1.30. The molecule has 1 N–H and O–H groups in total. The number of amides is 1. The third kappa shape index (κ3) is 1.96. The average molecular weight is 251 g/mol. The van der Waals surface area contributed by atoms with Crippen molar-refractivity contribution in [3.05, 3.63) is 35.6 Å². The zero-order valence-corrected chi connectivity index (χ0v) is 10.2. The van der Waals surface area contributed by atoms with E-state index in [-0.39, 0.29) is 17.8 Å². The van der Waals surface area contributed by atoms with E-state index in [4.69, 9.17) is 4.74 Å². The van der Waals surface area contributed by atoms with Crippen LogP contribution in [0, 0.1) is 5.82 Å². The molecule has 1 fully saturated rings. The first-order valence-corrected chi connectivity index (χ1v) is 5.62. The standard InChI is InChI=1S/C13H14FNO3/c1-8(16)15-11-7-13(11,12(17)18-2)9-3-5-10(14)6-4-9/h3-6,11H,7H2,1-2H3,(H,15,16)/t11-,13+/m0/s1. The van der Waals surface area contributed by atoms with Crippen molar-refractivity contribution in [1.82, 2.24) is 5.32 Å². The Balaban J connectivity index is 2.31. The molecule has 5 heteroatoms. The quantitative estimate of drug-likeness (QED) is 0.820. The Hall–Kier alpha value is -1.91. The molecule has 0 spiro atoms. The van der Waals surface area contributed by atoms with Crippen molar-refractivity contribution < 1.29 is 18.7 Å². The van der Waals surface area contributed by atoms with E-state index in [0.29, 0.717) is 12.0 Å². The van der Waals surface area contributed by atoms with E-state index in [9.17, 15) is 14.0 Å². The van der Waals surface area contributed by atoms with E-state index in [0.717, 1.165) is 0 Å². The van der Waals surface area contributed by atoms with Gasteiger partial charge in [-0.2, -0.15) is 0 Å². The zero-order valence-electron chi connectivity index (χ0n) is 10.2. The van der Waals surface area contributed by atoms with Gasteiger partial charge >= 0.3 is 5.97 Å². The van der Waals surface area contributed by atoms with Gasteiger partial charge in [-0.25, -0.2) is 4.39 Å². The second-order valence-electron chi connectivity index (χ2n) is 4.43. The summed E-state index contributed by atoms with van der Waals surface area (Å²) in [5.74, 6) is -0.976. The molecular weight excluding hydrogens is 237 g/mol. The Labute approximate surface area is 104 Å². The van der Waals surface area contributed by atoms with E-state index in [2.05, 4.69) is 5.32 Å². The molecule has 0 aromatic heterocycles. The molecule has 1 aromatic rings. The second-order valence-corrected chi connectivity index (χ2v) is 4.43. The highest BCUT2D eigenvalue weighted by molar-refractivity contribution is 5.90. The van der Waals surface area contributed by atoms with Gasteiger partial charge in [-0.3, -0.25) is 9.59 Å². The van der Waals surface area contributed by atoms with Crippen molar-refractivity contribution in [3.63, 3.8) is 0 Å². The van der Waals surface area contributed by atoms with Crippen LogP contribution in [0.2, 0.25) is 0 Å². The first-order chi connectivity index (χ1) is 8.50. The SMILES string of the molecule is COC(=O)[C@@]1(c2ccc(F)cc2)C[C@@H]1NC(C)=O. The molecular formula is C13H14FNO3. The van der Waals surface area contributed by atoms with Gasteiger partial charge in [0, 0.05) is 6.92 Å². The van der Waals surface area contributed by atoms with Crippen LogP contribution in [0.15, 0.2) is 24.3 Å². The molecule has 1 amide bonds. The van der Waals surface area contributed by atoms with Crippen molar-refractivity contribution in [2.24, 2.45) is 0 Å². The van der Waals surface area contributed by atoms with Gasteiger partial charge in [-0.05, 0) is 24.1 Å². The fourth-order valence-electron chi connectivity index (χ4n) is 2.27. The Bertz CT molecular complexity index is 486. The number of hydrogen-bond donors (Lipinski definition) is 1. The molecule has 18 heavy (non-hydrogen) atoms. The number of carbonyl (C=O) groups excluding carboxylic acids is 2. The largest absolute Gasteiger partial charge is 0.468 e. The minimum absolute atomic E-state index is 0.201. The Morgan fingerprint density at radius 2 is 2.00 bits per heavy atom. The van der Waals surface area contributed by atoms with E-state index >= 15 is 0 Å². The normalized spacial score (nSPS) is 25.4. The van der Waals surface area contributed by atoms with E-state index in [1.54, 1.807) is 12.1 Å². The lowest BCUT2D eigenvalue weighted by molar-refractivity contribution is -0.143. The van der Waals surface area contributed by atoms with Crippen LogP contribution < -0.4 is 5.32 Å². The van der Waals surface area contributed by atoms with Gasteiger partial charge < -0.3 is 10.1 Å². The van der Waals surface area contributed by atoms with Crippen LogP contribution in [0.5, 0.6) is 0 Å². The fraction of sp³-hybridized carbons (Fsp3) is 0.385. The molecule has 0 saturated heterocycles. The molecule has 1 saturated carbocycles. The first-order valence-electron chi connectivity index (χ1n) is 5.62. The van der Waals surface area contributed by atoms with Gasteiger partial charge in [-0.1, -0.05) is 12.1 Å². The Morgan fingerprint density at radius 3 is 2.50 bits per heavy atom. The summed E-state index contributed by atoms with van der Waals surface area (Å²) in [4.78, 5) is 23.0. The summed E-state index contributed by atoms with van der Waals surface area (Å²) in [5.41, 5.74) is -0.205. The number of esters is 1. The smallest absolute Gasteiger partial charge is 0.318 e. The molecule has 4 nitrogen and oxygen atoms in total. The maximum atomic E-state index is 12.9. The number of carbonyl (C=O) groups is 2. The van der Waals surface area contributed by atoms with Crippen LogP contribution in [0.1, 0.15) is 18.9 Å². The lowest BCUT2D eigenvalue weighted by atomic mass is 9.95. The van der Waals surface area contributed by atoms with Gasteiger partial charge in [0.25, 0.3) is 0 Å². The Morgan fingerprint density at radius 1 is 1.39 bits per heavy atom. The maximum absolute atomic E-state index is 12.9. The zero-order chi connectivity index (χ0) is 13.3. The number of rotatable bonds is 3.